The number of rotatable bonds is 2. The van der Waals surface area contributed by atoms with Crippen LogP contribution < -0.4 is 10.1 Å². The Morgan fingerprint density at radius 3 is 2.60 bits per heavy atom. The fourth-order valence-electron chi connectivity index (χ4n) is 2.35. The number of hydrogen-bond acceptors (Lipinski definition) is 3. The maximum Gasteiger partial charge on any atom is 0.269 e. The minimum absolute atomic E-state index is 0.00869. The monoisotopic (exact) mass is 270 g/mol. The van der Waals surface area contributed by atoms with Crippen LogP contribution in [-0.4, -0.2) is 29.9 Å². The molecule has 1 aromatic carbocycles. The van der Waals surface area contributed by atoms with E-state index in [1.54, 1.807) is 23.9 Å². The molecule has 1 N–H and O–H groups in total. The van der Waals surface area contributed by atoms with Crippen LogP contribution in [-0.2, 0) is 0 Å². The van der Waals surface area contributed by atoms with Crippen LogP contribution in [0.2, 0.25) is 0 Å². The van der Waals surface area contributed by atoms with Crippen molar-refractivity contribution in [3.05, 3.63) is 47.8 Å². The highest BCUT2D eigenvalue weighted by Crippen LogP contribution is 2.22. The molecule has 1 aliphatic heterocycles. The van der Waals surface area contributed by atoms with Crippen LogP contribution in [0.4, 0.5) is 0 Å². The number of ketones is 1. The van der Waals surface area contributed by atoms with Crippen molar-refractivity contribution in [1.82, 2.24) is 9.88 Å². The van der Waals surface area contributed by atoms with E-state index in [-0.39, 0.29) is 11.7 Å². The van der Waals surface area contributed by atoms with Gasteiger partial charge in [-0.1, -0.05) is 0 Å². The Bertz CT molecular complexity index is 671. The SMILES string of the molecule is COc1ccc(-n2ccc3c2C(=O)NCCC3=O)cc1. The lowest BCUT2D eigenvalue weighted by Gasteiger charge is -2.09. The molecule has 1 amide bonds. The van der Waals surface area contributed by atoms with E-state index in [9.17, 15) is 9.59 Å². The Hall–Kier alpha value is -2.56. The van der Waals surface area contributed by atoms with E-state index in [1.807, 2.05) is 24.3 Å². The number of nitrogens with one attached hydrogen (secondary N) is 1. The van der Waals surface area contributed by atoms with Gasteiger partial charge in [0, 0.05) is 30.4 Å². The van der Waals surface area contributed by atoms with Crippen LogP contribution in [0.1, 0.15) is 27.3 Å². The van der Waals surface area contributed by atoms with E-state index in [2.05, 4.69) is 5.32 Å². The summed E-state index contributed by atoms with van der Waals surface area (Å²) >= 11 is 0. The molecule has 5 nitrogen and oxygen atoms in total. The minimum atomic E-state index is -0.216. The molecule has 102 valence electrons. The molecule has 20 heavy (non-hydrogen) atoms. The van der Waals surface area contributed by atoms with E-state index in [0.29, 0.717) is 24.2 Å². The molecule has 2 heterocycles. The molecule has 0 saturated heterocycles. The topological polar surface area (TPSA) is 60.3 Å². The van der Waals surface area contributed by atoms with Crippen molar-refractivity contribution in [3.63, 3.8) is 0 Å². The van der Waals surface area contributed by atoms with Gasteiger partial charge in [-0.05, 0) is 30.3 Å². The summed E-state index contributed by atoms with van der Waals surface area (Å²) in [6, 6.07) is 9.03. The summed E-state index contributed by atoms with van der Waals surface area (Å²) in [6.07, 6.45) is 2.08. The summed E-state index contributed by atoms with van der Waals surface area (Å²) in [5.41, 5.74) is 1.70. The van der Waals surface area contributed by atoms with Crippen molar-refractivity contribution < 1.29 is 14.3 Å². The average Bonchev–Trinajstić information content (AvgIpc) is 2.86. The maximum atomic E-state index is 12.1. The van der Waals surface area contributed by atoms with E-state index >= 15 is 0 Å². The quantitative estimate of drug-likeness (QED) is 0.905. The standard InChI is InChI=1S/C15H14N2O3/c1-20-11-4-2-10(3-5-11)17-9-7-12-13(18)6-8-16-15(19)14(12)17/h2-5,7,9H,6,8H2,1H3,(H,16,19). The van der Waals surface area contributed by atoms with Gasteiger partial charge in [-0.15, -0.1) is 0 Å². The number of nitrogens with zero attached hydrogens (tertiary/aromatic N) is 1. The Balaban J connectivity index is 2.10. The molecule has 0 atom stereocenters. The van der Waals surface area contributed by atoms with Crippen molar-refractivity contribution in [2.75, 3.05) is 13.7 Å². The molecule has 0 spiro atoms. The summed E-state index contributed by atoms with van der Waals surface area (Å²) in [5.74, 6) is 0.518. The Morgan fingerprint density at radius 2 is 1.90 bits per heavy atom. The molecular formula is C15H14N2O3. The van der Waals surface area contributed by atoms with Crippen LogP contribution in [0.25, 0.3) is 5.69 Å². The van der Waals surface area contributed by atoms with Gasteiger partial charge in [0.05, 0.1) is 7.11 Å². The predicted octanol–water partition coefficient (Wildman–Crippen LogP) is 1.80. The first-order valence-electron chi connectivity index (χ1n) is 6.38. The molecule has 0 bridgehead atoms. The first kappa shape index (κ1) is 12.5. The summed E-state index contributed by atoms with van der Waals surface area (Å²) in [4.78, 5) is 24.1. The second-order valence-corrected chi connectivity index (χ2v) is 4.58. The number of fused-ring (bicyclic) bond motifs is 1. The molecule has 1 aromatic heterocycles. The smallest absolute Gasteiger partial charge is 0.269 e. The largest absolute Gasteiger partial charge is 0.497 e. The molecule has 0 aliphatic carbocycles. The van der Waals surface area contributed by atoms with Crippen LogP contribution in [0, 0.1) is 0 Å². The predicted molar refractivity (Wildman–Crippen MR) is 73.6 cm³/mol. The number of methoxy groups -OCH3 is 1. The van der Waals surface area contributed by atoms with Crippen molar-refractivity contribution in [3.8, 4) is 11.4 Å². The van der Waals surface area contributed by atoms with Gasteiger partial charge >= 0.3 is 0 Å². The zero-order valence-corrected chi connectivity index (χ0v) is 11.1. The fourth-order valence-corrected chi connectivity index (χ4v) is 2.35. The van der Waals surface area contributed by atoms with E-state index in [0.717, 1.165) is 11.4 Å². The highest BCUT2D eigenvalue weighted by molar-refractivity contribution is 6.09. The third kappa shape index (κ3) is 1.97. The first-order chi connectivity index (χ1) is 9.70. The lowest BCUT2D eigenvalue weighted by atomic mass is 10.1. The number of hydrogen-bond donors (Lipinski definition) is 1. The number of carbonyl (C=O) groups excluding carboxylic acids is 2. The normalized spacial score (nSPS) is 14.4. The summed E-state index contributed by atoms with van der Waals surface area (Å²) in [5, 5.41) is 2.74. The highest BCUT2D eigenvalue weighted by Gasteiger charge is 2.25. The Morgan fingerprint density at radius 1 is 1.15 bits per heavy atom. The maximum absolute atomic E-state index is 12.1. The lowest BCUT2D eigenvalue weighted by molar-refractivity contribution is 0.0949. The number of aromatic nitrogens is 1. The third-order valence-electron chi connectivity index (χ3n) is 3.39. The number of benzene rings is 1. The molecule has 2 aromatic rings. The second kappa shape index (κ2) is 4.85. The molecule has 0 fully saturated rings. The van der Waals surface area contributed by atoms with Gasteiger partial charge in [-0.25, -0.2) is 0 Å². The molecule has 5 heteroatoms. The van der Waals surface area contributed by atoms with E-state index in [1.165, 1.54) is 0 Å². The third-order valence-corrected chi connectivity index (χ3v) is 3.39. The van der Waals surface area contributed by atoms with Crippen molar-refractivity contribution in [2.24, 2.45) is 0 Å². The van der Waals surface area contributed by atoms with Gasteiger partial charge in [-0.2, -0.15) is 0 Å². The van der Waals surface area contributed by atoms with Crippen LogP contribution in [0.3, 0.4) is 0 Å². The summed E-state index contributed by atoms with van der Waals surface area (Å²) < 4.78 is 6.84. The molecule has 0 saturated carbocycles. The average molecular weight is 270 g/mol. The molecule has 0 radical (unpaired) electrons. The fraction of sp³-hybridized carbons (Fsp3) is 0.200. The van der Waals surface area contributed by atoms with Gasteiger partial charge in [0.2, 0.25) is 0 Å². The van der Waals surface area contributed by atoms with Crippen molar-refractivity contribution >= 4 is 11.7 Å². The van der Waals surface area contributed by atoms with Crippen LogP contribution in [0.15, 0.2) is 36.5 Å². The van der Waals surface area contributed by atoms with E-state index < -0.39 is 0 Å². The summed E-state index contributed by atoms with van der Waals surface area (Å²) in [6.45, 7) is 0.384. The molecule has 1 aliphatic rings. The van der Waals surface area contributed by atoms with E-state index in [4.69, 9.17) is 4.74 Å². The second-order valence-electron chi connectivity index (χ2n) is 4.58. The van der Waals surface area contributed by atoms with Gasteiger partial charge in [0.15, 0.2) is 5.78 Å². The van der Waals surface area contributed by atoms with Gasteiger partial charge in [0.1, 0.15) is 11.4 Å². The first-order valence-corrected chi connectivity index (χ1v) is 6.38. The molecular weight excluding hydrogens is 256 g/mol. The number of carbonyl (C=O) groups is 2. The van der Waals surface area contributed by atoms with Crippen LogP contribution >= 0.6 is 0 Å². The van der Waals surface area contributed by atoms with Gasteiger partial charge in [0.25, 0.3) is 5.91 Å². The number of ether oxygens (including phenoxy) is 1. The Labute approximate surface area is 116 Å². The number of amides is 1. The number of Topliss-reactive ketones (excluding diaryl/α,β-unsaturated/α-hetero) is 1. The zero-order chi connectivity index (χ0) is 14.1. The van der Waals surface area contributed by atoms with Gasteiger partial charge in [-0.3, -0.25) is 9.59 Å². The minimum Gasteiger partial charge on any atom is -0.497 e. The molecule has 3 rings (SSSR count). The lowest BCUT2D eigenvalue weighted by Crippen LogP contribution is -2.25. The highest BCUT2D eigenvalue weighted by atomic mass is 16.5. The Kier molecular flexibility index (Phi) is 3.02. The van der Waals surface area contributed by atoms with Crippen LogP contribution in [0.5, 0.6) is 5.75 Å². The van der Waals surface area contributed by atoms with Crippen molar-refractivity contribution in [1.29, 1.82) is 0 Å². The molecule has 0 unspecified atom stereocenters. The van der Waals surface area contributed by atoms with Crippen molar-refractivity contribution in [2.45, 2.75) is 6.42 Å². The zero-order valence-electron chi connectivity index (χ0n) is 11.1. The summed E-state index contributed by atoms with van der Waals surface area (Å²) in [7, 11) is 1.60. The van der Waals surface area contributed by atoms with Gasteiger partial charge < -0.3 is 14.6 Å².